The summed E-state index contributed by atoms with van der Waals surface area (Å²) in [6.07, 6.45) is 1.58. The Morgan fingerprint density at radius 3 is 2.05 bits per heavy atom. The van der Waals surface area contributed by atoms with Gasteiger partial charge in [-0.25, -0.2) is 0 Å². The second kappa shape index (κ2) is 10.2. The molecule has 0 radical (unpaired) electrons. The molecular formula is C16H35N3O. The molecule has 1 atom stereocenters. The molecule has 0 heterocycles. The molecule has 0 spiro atoms. The zero-order valence-corrected chi connectivity index (χ0v) is 14.3. The number of nitrogens with zero attached hydrogens (tertiary/aromatic N) is 1. The maximum absolute atomic E-state index is 11.9. The molecular weight excluding hydrogens is 250 g/mol. The van der Waals surface area contributed by atoms with Crippen LogP contribution in [-0.2, 0) is 4.79 Å². The molecule has 3 N–H and O–H groups in total. The Hall–Kier alpha value is -0.610. The highest BCUT2D eigenvalue weighted by molar-refractivity contribution is 5.76. The maximum Gasteiger partial charge on any atom is 0.220 e. The molecule has 4 nitrogen and oxygen atoms in total. The molecule has 0 aliphatic heterocycles. The van der Waals surface area contributed by atoms with Gasteiger partial charge in [0.15, 0.2) is 0 Å². The first kappa shape index (κ1) is 19.4. The number of nitrogens with one attached hydrogen (secondary N) is 1. The third-order valence-electron chi connectivity index (χ3n) is 3.63. The van der Waals surface area contributed by atoms with Crippen molar-refractivity contribution in [3.05, 3.63) is 0 Å². The third-order valence-corrected chi connectivity index (χ3v) is 3.63. The second-order valence-corrected chi connectivity index (χ2v) is 6.71. The van der Waals surface area contributed by atoms with Crippen molar-refractivity contribution in [2.45, 2.75) is 66.5 Å². The largest absolute Gasteiger partial charge is 0.355 e. The predicted molar refractivity (Wildman–Crippen MR) is 86.6 cm³/mol. The summed E-state index contributed by atoms with van der Waals surface area (Å²) in [6, 6.07) is 1.01. The van der Waals surface area contributed by atoms with E-state index in [0.717, 1.165) is 13.0 Å². The van der Waals surface area contributed by atoms with Gasteiger partial charge in [0, 0.05) is 31.6 Å². The Bertz CT molecular complexity index is 256. The number of hydrogen-bond acceptors (Lipinski definition) is 3. The molecule has 0 saturated heterocycles. The summed E-state index contributed by atoms with van der Waals surface area (Å²) in [7, 11) is 0. The van der Waals surface area contributed by atoms with Gasteiger partial charge < -0.3 is 11.1 Å². The van der Waals surface area contributed by atoms with E-state index >= 15 is 0 Å². The Balaban J connectivity index is 4.03. The Morgan fingerprint density at radius 2 is 1.65 bits per heavy atom. The highest BCUT2D eigenvalue weighted by Crippen LogP contribution is 2.13. The van der Waals surface area contributed by atoms with E-state index in [2.05, 4.69) is 51.8 Å². The van der Waals surface area contributed by atoms with E-state index in [0.29, 0.717) is 43.4 Å². The van der Waals surface area contributed by atoms with Crippen LogP contribution >= 0.6 is 0 Å². The summed E-state index contributed by atoms with van der Waals surface area (Å²) in [5.41, 5.74) is 5.74. The van der Waals surface area contributed by atoms with Crippen LogP contribution in [0.5, 0.6) is 0 Å². The van der Waals surface area contributed by atoms with Crippen molar-refractivity contribution in [2.75, 3.05) is 19.6 Å². The van der Waals surface area contributed by atoms with E-state index in [4.69, 9.17) is 5.73 Å². The molecule has 0 bridgehead atoms. The van der Waals surface area contributed by atoms with Gasteiger partial charge in [-0.05, 0) is 52.5 Å². The Labute approximate surface area is 125 Å². The van der Waals surface area contributed by atoms with Crippen molar-refractivity contribution < 1.29 is 4.79 Å². The van der Waals surface area contributed by atoms with E-state index < -0.39 is 0 Å². The van der Waals surface area contributed by atoms with Crippen LogP contribution in [0.15, 0.2) is 0 Å². The van der Waals surface area contributed by atoms with Crippen molar-refractivity contribution in [3.8, 4) is 0 Å². The van der Waals surface area contributed by atoms with Crippen LogP contribution in [0.3, 0.4) is 0 Å². The van der Waals surface area contributed by atoms with Gasteiger partial charge in [-0.2, -0.15) is 0 Å². The normalized spacial score (nSPS) is 13.6. The molecule has 0 aliphatic rings. The molecule has 0 aromatic heterocycles. The first-order valence-corrected chi connectivity index (χ1v) is 8.00. The zero-order chi connectivity index (χ0) is 15.7. The lowest BCUT2D eigenvalue weighted by Gasteiger charge is -2.30. The van der Waals surface area contributed by atoms with Gasteiger partial charge in [-0.3, -0.25) is 9.69 Å². The van der Waals surface area contributed by atoms with Crippen molar-refractivity contribution in [1.29, 1.82) is 0 Å². The summed E-state index contributed by atoms with van der Waals surface area (Å²) in [5.74, 6) is 1.03. The first-order chi connectivity index (χ1) is 9.27. The molecule has 0 rings (SSSR count). The quantitative estimate of drug-likeness (QED) is 0.647. The molecule has 1 amide bonds. The van der Waals surface area contributed by atoms with E-state index in [1.807, 2.05) is 0 Å². The maximum atomic E-state index is 11.9. The van der Waals surface area contributed by atoms with Crippen LogP contribution in [0.1, 0.15) is 54.4 Å². The van der Waals surface area contributed by atoms with E-state index in [9.17, 15) is 4.79 Å². The molecule has 4 heteroatoms. The fraction of sp³-hybridized carbons (Fsp3) is 0.938. The van der Waals surface area contributed by atoms with Gasteiger partial charge in [-0.15, -0.1) is 0 Å². The Morgan fingerprint density at radius 1 is 1.10 bits per heavy atom. The minimum atomic E-state index is 0.133. The molecule has 0 saturated carbocycles. The van der Waals surface area contributed by atoms with E-state index in [1.165, 1.54) is 0 Å². The van der Waals surface area contributed by atoms with Gasteiger partial charge in [-0.1, -0.05) is 13.8 Å². The number of carbonyl (C=O) groups excluding carboxylic acids is 1. The van der Waals surface area contributed by atoms with Crippen LogP contribution in [-0.4, -0.2) is 42.5 Å². The van der Waals surface area contributed by atoms with Gasteiger partial charge in [0.1, 0.15) is 0 Å². The lowest BCUT2D eigenvalue weighted by atomic mass is 9.94. The van der Waals surface area contributed by atoms with Crippen LogP contribution < -0.4 is 11.1 Å². The van der Waals surface area contributed by atoms with Crippen LogP contribution in [0.25, 0.3) is 0 Å². The smallest absolute Gasteiger partial charge is 0.220 e. The average Bonchev–Trinajstić information content (AvgIpc) is 2.32. The highest BCUT2D eigenvalue weighted by atomic mass is 16.1. The highest BCUT2D eigenvalue weighted by Gasteiger charge is 2.15. The minimum absolute atomic E-state index is 0.133. The van der Waals surface area contributed by atoms with Gasteiger partial charge in [0.05, 0.1) is 0 Å². The molecule has 20 heavy (non-hydrogen) atoms. The summed E-state index contributed by atoms with van der Waals surface area (Å²) in [6.45, 7) is 15.3. The van der Waals surface area contributed by atoms with Crippen LogP contribution in [0.4, 0.5) is 0 Å². The number of hydrogen-bond donors (Lipinski definition) is 2. The first-order valence-electron chi connectivity index (χ1n) is 8.00. The minimum Gasteiger partial charge on any atom is -0.355 e. The van der Waals surface area contributed by atoms with E-state index in [1.54, 1.807) is 0 Å². The summed E-state index contributed by atoms with van der Waals surface area (Å²) in [5, 5.41) is 3.02. The van der Waals surface area contributed by atoms with Crippen LogP contribution in [0, 0.1) is 11.8 Å². The van der Waals surface area contributed by atoms with Crippen molar-refractivity contribution in [1.82, 2.24) is 10.2 Å². The molecule has 0 aliphatic carbocycles. The van der Waals surface area contributed by atoms with Gasteiger partial charge in [0.25, 0.3) is 0 Å². The molecule has 0 aromatic carbocycles. The monoisotopic (exact) mass is 285 g/mol. The van der Waals surface area contributed by atoms with E-state index in [-0.39, 0.29) is 5.91 Å². The summed E-state index contributed by atoms with van der Waals surface area (Å²) >= 11 is 0. The lowest BCUT2D eigenvalue weighted by molar-refractivity contribution is -0.122. The predicted octanol–water partition coefficient (Wildman–Crippen LogP) is 2.23. The van der Waals surface area contributed by atoms with Crippen molar-refractivity contribution >= 4 is 5.91 Å². The fourth-order valence-corrected chi connectivity index (χ4v) is 2.70. The van der Waals surface area contributed by atoms with Crippen LogP contribution in [0.2, 0.25) is 0 Å². The Kier molecular flexibility index (Phi) is 9.86. The zero-order valence-electron chi connectivity index (χ0n) is 14.3. The molecule has 120 valence electrons. The van der Waals surface area contributed by atoms with Gasteiger partial charge >= 0.3 is 0 Å². The fourth-order valence-electron chi connectivity index (χ4n) is 2.70. The molecule has 0 fully saturated rings. The number of rotatable bonds is 10. The SMILES string of the molecule is CC(C)C[C@H](CN)CC(=O)NCCN(C(C)C)C(C)C. The molecule has 0 aromatic rings. The summed E-state index contributed by atoms with van der Waals surface area (Å²) < 4.78 is 0. The number of carbonyl (C=O) groups is 1. The summed E-state index contributed by atoms with van der Waals surface area (Å²) in [4.78, 5) is 14.3. The van der Waals surface area contributed by atoms with Crippen molar-refractivity contribution in [2.24, 2.45) is 17.6 Å². The molecule has 0 unspecified atom stereocenters. The number of nitrogens with two attached hydrogens (primary N) is 1. The second-order valence-electron chi connectivity index (χ2n) is 6.71. The van der Waals surface area contributed by atoms with Gasteiger partial charge in [0.2, 0.25) is 5.91 Å². The topological polar surface area (TPSA) is 58.4 Å². The lowest BCUT2D eigenvalue weighted by Crippen LogP contribution is -2.42. The average molecular weight is 285 g/mol. The standard InChI is InChI=1S/C16H35N3O/c1-12(2)9-15(11-17)10-16(20)18-7-8-19(13(3)4)14(5)6/h12-15H,7-11,17H2,1-6H3,(H,18,20)/t15-/m0/s1. The van der Waals surface area contributed by atoms with Crippen molar-refractivity contribution in [3.63, 3.8) is 0 Å². The number of amides is 1. The third kappa shape index (κ3) is 8.54.